The number of piperazine rings is 1. The second-order valence-corrected chi connectivity index (χ2v) is 9.91. The quantitative estimate of drug-likeness (QED) is 0.324. The van der Waals surface area contributed by atoms with E-state index in [1.54, 1.807) is 0 Å². The molecule has 3 aliphatic heterocycles. The number of piperidine rings is 2. The first kappa shape index (κ1) is 26.7. The van der Waals surface area contributed by atoms with E-state index < -0.39 is 0 Å². The van der Waals surface area contributed by atoms with Crippen LogP contribution in [-0.4, -0.2) is 104 Å². The Labute approximate surface area is 218 Å². The molecule has 3 unspecified atom stereocenters. The van der Waals surface area contributed by atoms with Crippen molar-refractivity contribution in [3.8, 4) is 0 Å². The second-order valence-electron chi connectivity index (χ2n) is 9.91. The van der Waals surface area contributed by atoms with Crippen LogP contribution in [0.25, 0.3) is 0 Å². The van der Waals surface area contributed by atoms with E-state index in [1.807, 2.05) is 7.05 Å². The number of guanidine groups is 1. The molecule has 0 saturated carbocycles. The summed E-state index contributed by atoms with van der Waals surface area (Å²) in [6.45, 7) is 16.1. The van der Waals surface area contributed by atoms with Crippen LogP contribution in [0.15, 0.2) is 35.3 Å². The van der Waals surface area contributed by atoms with Crippen molar-refractivity contribution in [1.29, 1.82) is 0 Å². The molecule has 3 fully saturated rings. The number of halogens is 1. The summed E-state index contributed by atoms with van der Waals surface area (Å²) in [5.74, 6) is 1.85. The maximum Gasteiger partial charge on any atom is 0.193 e. The molecule has 3 atom stereocenters. The second kappa shape index (κ2) is 13.3. The molecule has 3 saturated heterocycles. The SMILES string of the molecule is CCN1CCN(C(C)CNC(=NC)N2CCC3C(CCCN3Cc3ccccc3)C2)CC1.I. The molecule has 186 valence electrons. The van der Waals surface area contributed by atoms with Gasteiger partial charge in [0.15, 0.2) is 5.96 Å². The fourth-order valence-electron chi connectivity index (χ4n) is 5.93. The van der Waals surface area contributed by atoms with E-state index in [-0.39, 0.29) is 24.0 Å². The number of likely N-dealkylation sites (N-methyl/N-ethyl adjacent to an activating group) is 1. The molecule has 1 N–H and O–H groups in total. The lowest BCUT2D eigenvalue weighted by atomic mass is 9.83. The van der Waals surface area contributed by atoms with E-state index in [9.17, 15) is 0 Å². The molecule has 0 radical (unpaired) electrons. The van der Waals surface area contributed by atoms with Crippen LogP contribution in [0.1, 0.15) is 38.7 Å². The maximum absolute atomic E-state index is 4.67. The highest BCUT2D eigenvalue weighted by molar-refractivity contribution is 14.0. The Kier molecular flexibility index (Phi) is 10.7. The van der Waals surface area contributed by atoms with Gasteiger partial charge in [-0.1, -0.05) is 37.3 Å². The number of benzene rings is 1. The molecule has 1 aromatic carbocycles. The monoisotopic (exact) mass is 568 g/mol. The van der Waals surface area contributed by atoms with Gasteiger partial charge in [-0.25, -0.2) is 0 Å². The average Bonchev–Trinajstić information content (AvgIpc) is 2.85. The van der Waals surface area contributed by atoms with Gasteiger partial charge < -0.3 is 15.1 Å². The Balaban J connectivity index is 0.00000306. The highest BCUT2D eigenvalue weighted by Gasteiger charge is 2.36. The smallest absolute Gasteiger partial charge is 0.193 e. The van der Waals surface area contributed by atoms with Gasteiger partial charge in [0.2, 0.25) is 0 Å². The van der Waals surface area contributed by atoms with Crippen LogP contribution >= 0.6 is 24.0 Å². The molecule has 33 heavy (non-hydrogen) atoms. The normalized spacial score (nSPS) is 26.4. The molecule has 3 heterocycles. The van der Waals surface area contributed by atoms with Crippen LogP contribution in [0.3, 0.4) is 0 Å². The lowest BCUT2D eigenvalue weighted by Gasteiger charge is -2.48. The Morgan fingerprint density at radius 2 is 1.82 bits per heavy atom. The lowest BCUT2D eigenvalue weighted by Crippen LogP contribution is -2.58. The highest BCUT2D eigenvalue weighted by Crippen LogP contribution is 2.31. The minimum atomic E-state index is 0. The summed E-state index contributed by atoms with van der Waals surface area (Å²) >= 11 is 0. The average molecular weight is 569 g/mol. The van der Waals surface area contributed by atoms with Crippen LogP contribution in [0.4, 0.5) is 0 Å². The highest BCUT2D eigenvalue weighted by atomic mass is 127. The van der Waals surface area contributed by atoms with Gasteiger partial charge in [0.25, 0.3) is 0 Å². The number of fused-ring (bicyclic) bond motifs is 1. The Morgan fingerprint density at radius 1 is 1.06 bits per heavy atom. The zero-order valence-electron chi connectivity index (χ0n) is 21.0. The molecule has 7 heteroatoms. The molecule has 0 spiro atoms. The van der Waals surface area contributed by atoms with E-state index in [2.05, 4.69) is 74.1 Å². The predicted molar refractivity (Wildman–Crippen MR) is 149 cm³/mol. The van der Waals surface area contributed by atoms with Gasteiger partial charge in [-0.05, 0) is 50.8 Å². The van der Waals surface area contributed by atoms with Gasteiger partial charge in [0.1, 0.15) is 0 Å². The van der Waals surface area contributed by atoms with Crippen molar-refractivity contribution in [3.05, 3.63) is 35.9 Å². The fourth-order valence-corrected chi connectivity index (χ4v) is 5.93. The van der Waals surface area contributed by atoms with Crippen molar-refractivity contribution in [2.45, 2.75) is 51.7 Å². The topological polar surface area (TPSA) is 37.4 Å². The van der Waals surface area contributed by atoms with Crippen molar-refractivity contribution in [2.24, 2.45) is 10.9 Å². The summed E-state index contributed by atoms with van der Waals surface area (Å²) in [4.78, 5) is 15.1. The van der Waals surface area contributed by atoms with E-state index >= 15 is 0 Å². The van der Waals surface area contributed by atoms with Crippen LogP contribution < -0.4 is 5.32 Å². The largest absolute Gasteiger partial charge is 0.355 e. The van der Waals surface area contributed by atoms with Gasteiger partial charge >= 0.3 is 0 Å². The lowest BCUT2D eigenvalue weighted by molar-refractivity contribution is 0.0370. The number of nitrogens with one attached hydrogen (secondary N) is 1. The van der Waals surface area contributed by atoms with Gasteiger partial charge in [-0.3, -0.25) is 14.8 Å². The Morgan fingerprint density at radius 3 is 2.52 bits per heavy atom. The number of hydrogen-bond donors (Lipinski definition) is 1. The molecule has 0 aromatic heterocycles. The summed E-state index contributed by atoms with van der Waals surface area (Å²) in [7, 11) is 1.95. The van der Waals surface area contributed by atoms with E-state index in [1.165, 1.54) is 64.1 Å². The van der Waals surface area contributed by atoms with Crippen molar-refractivity contribution in [2.75, 3.05) is 66.0 Å². The van der Waals surface area contributed by atoms with Crippen LogP contribution in [0.2, 0.25) is 0 Å². The van der Waals surface area contributed by atoms with Gasteiger partial charge in [-0.2, -0.15) is 0 Å². The summed E-state index contributed by atoms with van der Waals surface area (Å²) in [5.41, 5.74) is 1.45. The minimum Gasteiger partial charge on any atom is -0.355 e. The number of nitrogens with zero attached hydrogens (tertiary/aromatic N) is 5. The zero-order chi connectivity index (χ0) is 22.3. The number of hydrogen-bond acceptors (Lipinski definition) is 4. The fraction of sp³-hybridized carbons (Fsp3) is 0.731. The van der Waals surface area contributed by atoms with E-state index in [0.29, 0.717) is 12.1 Å². The van der Waals surface area contributed by atoms with Crippen LogP contribution in [-0.2, 0) is 6.54 Å². The summed E-state index contributed by atoms with van der Waals surface area (Å²) < 4.78 is 0. The van der Waals surface area contributed by atoms with Gasteiger partial charge in [-0.15, -0.1) is 24.0 Å². The van der Waals surface area contributed by atoms with Gasteiger partial charge in [0.05, 0.1) is 0 Å². The standard InChI is InChI=1S/C26H44N6.HI/c1-4-29-15-17-30(18-16-29)22(2)19-28-26(27-3)32-14-12-25-24(21-32)11-8-13-31(25)20-23-9-6-5-7-10-23;/h5-7,9-10,22,24-25H,4,8,11-21H2,1-3H3,(H,27,28);1H. The summed E-state index contributed by atoms with van der Waals surface area (Å²) in [5, 5.41) is 3.72. The van der Waals surface area contributed by atoms with Crippen LogP contribution in [0.5, 0.6) is 0 Å². The van der Waals surface area contributed by atoms with E-state index in [0.717, 1.165) is 38.1 Å². The number of aliphatic imine (C=N–C) groups is 1. The van der Waals surface area contributed by atoms with Gasteiger partial charge in [0, 0.05) is 71.5 Å². The third-order valence-corrected chi connectivity index (χ3v) is 7.96. The third-order valence-electron chi connectivity index (χ3n) is 7.96. The van der Waals surface area contributed by atoms with Crippen molar-refractivity contribution in [1.82, 2.24) is 24.9 Å². The molecule has 0 aliphatic carbocycles. The minimum absolute atomic E-state index is 0. The third kappa shape index (κ3) is 7.05. The molecule has 0 bridgehead atoms. The molecule has 1 aromatic rings. The molecular formula is C26H45IN6. The van der Waals surface area contributed by atoms with E-state index in [4.69, 9.17) is 0 Å². The first-order valence-electron chi connectivity index (χ1n) is 12.9. The number of rotatable bonds is 6. The van der Waals surface area contributed by atoms with Crippen LogP contribution in [0, 0.1) is 5.92 Å². The first-order chi connectivity index (χ1) is 15.7. The first-order valence-corrected chi connectivity index (χ1v) is 12.9. The van der Waals surface area contributed by atoms with Crippen molar-refractivity contribution >= 4 is 29.9 Å². The predicted octanol–water partition coefficient (Wildman–Crippen LogP) is 3.19. The van der Waals surface area contributed by atoms with Crippen molar-refractivity contribution < 1.29 is 0 Å². The molecule has 0 amide bonds. The molecule has 6 nitrogen and oxygen atoms in total. The maximum atomic E-state index is 4.67. The molecule has 4 rings (SSSR count). The van der Waals surface area contributed by atoms with Crippen molar-refractivity contribution in [3.63, 3.8) is 0 Å². The number of likely N-dealkylation sites (tertiary alicyclic amines) is 2. The summed E-state index contributed by atoms with van der Waals surface area (Å²) in [6, 6.07) is 12.2. The Bertz CT molecular complexity index is 721. The zero-order valence-corrected chi connectivity index (χ0v) is 23.3. The summed E-state index contributed by atoms with van der Waals surface area (Å²) in [6.07, 6.45) is 3.91. The molecular weight excluding hydrogens is 523 g/mol. The molecule has 3 aliphatic rings. The Hall–Kier alpha value is -0.900.